The van der Waals surface area contributed by atoms with Gasteiger partial charge in [-0.3, -0.25) is 0 Å². The highest BCUT2D eigenvalue weighted by atomic mass is 14.9. The third-order valence-electron chi connectivity index (χ3n) is 3.55. The zero-order valence-corrected chi connectivity index (χ0v) is 11.3. The van der Waals surface area contributed by atoms with E-state index in [9.17, 15) is 0 Å². The molecule has 1 N–H and O–H groups in total. The minimum absolute atomic E-state index is 1.13. The van der Waals surface area contributed by atoms with E-state index in [-0.39, 0.29) is 0 Å². The molecule has 0 heterocycles. The lowest BCUT2D eigenvalue weighted by atomic mass is 10.1. The van der Waals surface area contributed by atoms with E-state index in [1.54, 1.807) is 0 Å². The van der Waals surface area contributed by atoms with Gasteiger partial charge in [0.05, 0.1) is 0 Å². The number of nitrogens with one attached hydrogen (secondary N) is 1. The third-order valence-corrected chi connectivity index (χ3v) is 3.55. The van der Waals surface area contributed by atoms with Crippen molar-refractivity contribution >= 4 is 22.1 Å². The van der Waals surface area contributed by atoms with Gasteiger partial charge >= 0.3 is 0 Å². The second-order valence-electron chi connectivity index (χ2n) is 4.99. The Morgan fingerprint density at radius 3 is 2.11 bits per heavy atom. The van der Waals surface area contributed by atoms with Gasteiger partial charge < -0.3 is 5.32 Å². The van der Waals surface area contributed by atoms with Crippen molar-refractivity contribution < 1.29 is 0 Å². The molecule has 0 saturated heterocycles. The quantitative estimate of drug-likeness (QED) is 0.656. The molecule has 0 unspecified atom stereocenters. The molecule has 0 bridgehead atoms. The summed E-state index contributed by atoms with van der Waals surface area (Å²) < 4.78 is 0. The van der Waals surface area contributed by atoms with E-state index >= 15 is 0 Å². The molecule has 0 aliphatic heterocycles. The molecule has 1 nitrogen and oxygen atoms in total. The molecule has 0 amide bonds. The molecule has 94 valence electrons. The molecule has 3 aromatic rings. The van der Waals surface area contributed by atoms with Gasteiger partial charge in [0, 0.05) is 11.4 Å². The van der Waals surface area contributed by atoms with Crippen molar-refractivity contribution in [2.75, 3.05) is 5.32 Å². The highest BCUT2D eigenvalue weighted by Gasteiger charge is 1.99. The van der Waals surface area contributed by atoms with Gasteiger partial charge in [-0.25, -0.2) is 0 Å². The maximum atomic E-state index is 3.46. The fraction of sp³-hybridized carbons (Fsp3) is 0.111. The van der Waals surface area contributed by atoms with Crippen molar-refractivity contribution in [2.45, 2.75) is 13.8 Å². The first-order valence-electron chi connectivity index (χ1n) is 6.55. The lowest BCUT2D eigenvalue weighted by molar-refractivity contribution is 1.34. The molecule has 0 spiro atoms. The lowest BCUT2D eigenvalue weighted by Crippen LogP contribution is -1.91. The summed E-state index contributed by atoms with van der Waals surface area (Å²) in [5, 5.41) is 6.00. The van der Waals surface area contributed by atoms with Gasteiger partial charge in [-0.15, -0.1) is 0 Å². The molecule has 3 rings (SSSR count). The summed E-state index contributed by atoms with van der Waals surface area (Å²) >= 11 is 0. The Morgan fingerprint density at radius 2 is 1.32 bits per heavy atom. The van der Waals surface area contributed by atoms with Crippen LogP contribution in [0.4, 0.5) is 11.4 Å². The molecule has 0 fully saturated rings. The molecule has 0 atom stereocenters. The van der Waals surface area contributed by atoms with Crippen molar-refractivity contribution in [3.63, 3.8) is 0 Å². The van der Waals surface area contributed by atoms with E-state index in [1.807, 2.05) is 0 Å². The second-order valence-corrected chi connectivity index (χ2v) is 4.99. The molecule has 3 aromatic carbocycles. The zero-order chi connectivity index (χ0) is 13.2. The van der Waals surface area contributed by atoms with Crippen molar-refractivity contribution in [3.05, 3.63) is 71.8 Å². The number of benzene rings is 3. The van der Waals surface area contributed by atoms with E-state index < -0.39 is 0 Å². The summed E-state index contributed by atoms with van der Waals surface area (Å²) in [6.07, 6.45) is 0. The van der Waals surface area contributed by atoms with Crippen LogP contribution in [0.2, 0.25) is 0 Å². The molecule has 1 heteroatoms. The SMILES string of the molecule is Cc1ccc(Nc2ccc3ccccc3c2)cc1C. The van der Waals surface area contributed by atoms with Crippen molar-refractivity contribution in [1.29, 1.82) is 0 Å². The van der Waals surface area contributed by atoms with Crippen LogP contribution >= 0.6 is 0 Å². The summed E-state index contributed by atoms with van der Waals surface area (Å²) in [7, 11) is 0. The molecule has 0 aromatic heterocycles. The molecule has 0 aliphatic rings. The van der Waals surface area contributed by atoms with Crippen LogP contribution in [0.3, 0.4) is 0 Å². The Balaban J connectivity index is 1.94. The Hall–Kier alpha value is -2.28. The Bertz CT molecular complexity index is 729. The van der Waals surface area contributed by atoms with Gasteiger partial charge in [0.25, 0.3) is 0 Å². The monoisotopic (exact) mass is 247 g/mol. The van der Waals surface area contributed by atoms with Crippen LogP contribution in [0.25, 0.3) is 10.8 Å². The van der Waals surface area contributed by atoms with Crippen molar-refractivity contribution in [3.8, 4) is 0 Å². The van der Waals surface area contributed by atoms with Gasteiger partial charge in [0.2, 0.25) is 0 Å². The largest absolute Gasteiger partial charge is 0.356 e. The predicted molar refractivity (Wildman–Crippen MR) is 83.1 cm³/mol. The maximum Gasteiger partial charge on any atom is 0.0390 e. The fourth-order valence-corrected chi connectivity index (χ4v) is 2.25. The van der Waals surface area contributed by atoms with Crippen LogP contribution in [0, 0.1) is 13.8 Å². The topological polar surface area (TPSA) is 12.0 Å². The molecular formula is C18H17N. The number of aryl methyl sites for hydroxylation is 2. The normalized spacial score (nSPS) is 10.6. The first-order valence-corrected chi connectivity index (χ1v) is 6.55. The van der Waals surface area contributed by atoms with E-state index in [0.29, 0.717) is 0 Å². The van der Waals surface area contributed by atoms with Crippen molar-refractivity contribution in [2.24, 2.45) is 0 Å². The van der Waals surface area contributed by atoms with Gasteiger partial charge in [-0.1, -0.05) is 36.4 Å². The van der Waals surface area contributed by atoms with Crippen LogP contribution in [0.1, 0.15) is 11.1 Å². The smallest absolute Gasteiger partial charge is 0.0390 e. The summed E-state index contributed by atoms with van der Waals surface area (Å²) in [6, 6.07) is 21.3. The van der Waals surface area contributed by atoms with E-state index in [1.165, 1.54) is 21.9 Å². The van der Waals surface area contributed by atoms with Crippen LogP contribution in [-0.2, 0) is 0 Å². The van der Waals surface area contributed by atoms with Gasteiger partial charge in [0.15, 0.2) is 0 Å². The van der Waals surface area contributed by atoms with E-state index in [4.69, 9.17) is 0 Å². The molecule has 19 heavy (non-hydrogen) atoms. The number of hydrogen-bond acceptors (Lipinski definition) is 1. The van der Waals surface area contributed by atoms with Crippen LogP contribution < -0.4 is 5.32 Å². The van der Waals surface area contributed by atoms with Crippen molar-refractivity contribution in [1.82, 2.24) is 0 Å². The molecule has 0 saturated carbocycles. The summed E-state index contributed by atoms with van der Waals surface area (Å²) in [5.74, 6) is 0. The second kappa shape index (κ2) is 4.77. The van der Waals surface area contributed by atoms with Gasteiger partial charge in [-0.2, -0.15) is 0 Å². The maximum absolute atomic E-state index is 3.46. The Morgan fingerprint density at radius 1 is 0.632 bits per heavy atom. The average molecular weight is 247 g/mol. The number of anilines is 2. The summed E-state index contributed by atoms with van der Waals surface area (Å²) in [4.78, 5) is 0. The van der Waals surface area contributed by atoms with E-state index in [0.717, 1.165) is 11.4 Å². The minimum Gasteiger partial charge on any atom is -0.356 e. The average Bonchev–Trinajstić information content (AvgIpc) is 2.43. The highest BCUT2D eigenvalue weighted by molar-refractivity contribution is 5.86. The molecular weight excluding hydrogens is 230 g/mol. The molecule has 0 aliphatic carbocycles. The Labute approximate surface area is 113 Å². The summed E-state index contributed by atoms with van der Waals surface area (Å²) in [5.41, 5.74) is 4.90. The van der Waals surface area contributed by atoms with Crippen LogP contribution in [-0.4, -0.2) is 0 Å². The number of hydrogen-bond donors (Lipinski definition) is 1. The molecule has 0 radical (unpaired) electrons. The highest BCUT2D eigenvalue weighted by Crippen LogP contribution is 2.23. The zero-order valence-electron chi connectivity index (χ0n) is 11.3. The van der Waals surface area contributed by atoms with Gasteiger partial charge in [0.1, 0.15) is 0 Å². The van der Waals surface area contributed by atoms with Crippen LogP contribution in [0.15, 0.2) is 60.7 Å². The standard InChI is InChI=1S/C18H17N/c1-13-7-9-17(11-14(13)2)19-18-10-8-15-5-3-4-6-16(15)12-18/h3-12,19H,1-2H3. The Kier molecular flexibility index (Phi) is 2.96. The first kappa shape index (κ1) is 11.8. The van der Waals surface area contributed by atoms with Gasteiger partial charge in [-0.05, 0) is 60.0 Å². The fourth-order valence-electron chi connectivity index (χ4n) is 2.25. The van der Waals surface area contributed by atoms with Crippen LogP contribution in [0.5, 0.6) is 0 Å². The number of fused-ring (bicyclic) bond motifs is 1. The predicted octanol–water partition coefficient (Wildman–Crippen LogP) is 5.20. The van der Waals surface area contributed by atoms with E-state index in [2.05, 4.69) is 79.8 Å². The third kappa shape index (κ3) is 2.45. The lowest BCUT2D eigenvalue weighted by Gasteiger charge is -2.09. The first-order chi connectivity index (χ1) is 9.22. The minimum atomic E-state index is 1.13. The summed E-state index contributed by atoms with van der Waals surface area (Å²) in [6.45, 7) is 4.27. The number of rotatable bonds is 2.